The number of anilines is 1. The molecule has 0 fully saturated rings. The maximum Gasteiger partial charge on any atom is 0.425 e. The van der Waals surface area contributed by atoms with Crippen LogP contribution in [0.2, 0.25) is 0 Å². The Balaban J connectivity index is 1.76. The van der Waals surface area contributed by atoms with Gasteiger partial charge in [0.1, 0.15) is 0 Å². The highest BCUT2D eigenvalue weighted by molar-refractivity contribution is 5.91. The van der Waals surface area contributed by atoms with E-state index in [1.54, 1.807) is 47.4 Å². The first-order chi connectivity index (χ1) is 13.2. The molecule has 148 valence electrons. The third-order valence-corrected chi connectivity index (χ3v) is 4.19. The van der Waals surface area contributed by atoms with Gasteiger partial charge in [-0.05, 0) is 23.8 Å². The number of benzene rings is 1. The summed E-state index contributed by atoms with van der Waals surface area (Å²) >= 11 is 0. The van der Waals surface area contributed by atoms with E-state index in [4.69, 9.17) is 0 Å². The van der Waals surface area contributed by atoms with E-state index in [2.05, 4.69) is 15.4 Å². The van der Waals surface area contributed by atoms with E-state index in [1.807, 2.05) is 0 Å². The summed E-state index contributed by atoms with van der Waals surface area (Å²) < 4.78 is 43.3. The average molecular weight is 393 g/mol. The lowest BCUT2D eigenvalue weighted by Gasteiger charge is -2.29. The van der Waals surface area contributed by atoms with Crippen molar-refractivity contribution in [2.75, 3.05) is 5.32 Å². The molecule has 2 aromatic heterocycles. The van der Waals surface area contributed by atoms with Gasteiger partial charge in [0, 0.05) is 37.5 Å². The molecule has 0 aliphatic carbocycles. The SMILES string of the molecule is Cn1ccnc1C(O)(CC(=O)Nc1cccc(Cn2cccn2)c1)C(F)(F)F. The molecule has 0 saturated heterocycles. The number of aromatic nitrogens is 4. The molecular weight excluding hydrogens is 375 g/mol. The summed E-state index contributed by atoms with van der Waals surface area (Å²) in [6, 6.07) is 8.42. The second-order valence-corrected chi connectivity index (χ2v) is 6.35. The number of carbonyl (C=O) groups excluding carboxylic acids is 1. The zero-order chi connectivity index (χ0) is 20.4. The van der Waals surface area contributed by atoms with E-state index >= 15 is 0 Å². The van der Waals surface area contributed by atoms with Crippen LogP contribution in [0.15, 0.2) is 55.1 Å². The predicted octanol–water partition coefficient (Wildman–Crippen LogP) is 2.44. The number of hydrogen-bond donors (Lipinski definition) is 2. The standard InChI is InChI=1S/C18H18F3N5O2/c1-25-9-7-22-16(25)17(28,18(19,20)21)11-15(27)24-14-5-2-4-13(10-14)12-26-8-3-6-23-26/h2-10,28H,11-12H2,1H3,(H,24,27). The van der Waals surface area contributed by atoms with Crippen LogP contribution in [-0.2, 0) is 24.0 Å². The van der Waals surface area contributed by atoms with Gasteiger partial charge in [0.2, 0.25) is 11.5 Å². The molecule has 1 amide bonds. The van der Waals surface area contributed by atoms with Gasteiger partial charge < -0.3 is 15.0 Å². The number of aliphatic hydroxyl groups is 1. The summed E-state index contributed by atoms with van der Waals surface area (Å²) in [7, 11) is 1.32. The van der Waals surface area contributed by atoms with E-state index < -0.39 is 29.9 Å². The molecule has 0 bridgehead atoms. The minimum Gasteiger partial charge on any atom is -0.374 e. The number of alkyl halides is 3. The van der Waals surface area contributed by atoms with E-state index in [1.165, 1.54) is 13.2 Å². The minimum absolute atomic E-state index is 0.319. The number of halogens is 3. The third-order valence-electron chi connectivity index (χ3n) is 4.19. The maximum absolute atomic E-state index is 13.5. The van der Waals surface area contributed by atoms with Gasteiger partial charge in [-0.3, -0.25) is 9.48 Å². The van der Waals surface area contributed by atoms with Gasteiger partial charge >= 0.3 is 6.18 Å². The Morgan fingerprint density at radius 1 is 1.21 bits per heavy atom. The predicted molar refractivity (Wildman–Crippen MR) is 94.2 cm³/mol. The number of hydrogen-bond acceptors (Lipinski definition) is 4. The molecule has 0 radical (unpaired) electrons. The quantitative estimate of drug-likeness (QED) is 0.674. The first kappa shape index (κ1) is 19.6. The van der Waals surface area contributed by atoms with Crippen molar-refractivity contribution < 1.29 is 23.1 Å². The molecule has 2 heterocycles. The van der Waals surface area contributed by atoms with Crippen molar-refractivity contribution in [1.29, 1.82) is 0 Å². The molecule has 1 atom stereocenters. The maximum atomic E-state index is 13.5. The molecule has 2 N–H and O–H groups in total. The molecule has 0 aliphatic rings. The van der Waals surface area contributed by atoms with Crippen LogP contribution >= 0.6 is 0 Å². The molecule has 3 aromatic rings. The topological polar surface area (TPSA) is 85.0 Å². The van der Waals surface area contributed by atoms with Gasteiger partial charge in [-0.25, -0.2) is 4.98 Å². The number of nitrogens with zero attached hydrogens (tertiary/aromatic N) is 4. The van der Waals surface area contributed by atoms with Crippen molar-refractivity contribution in [2.24, 2.45) is 7.05 Å². The third kappa shape index (κ3) is 4.06. The lowest BCUT2D eigenvalue weighted by molar-refractivity contribution is -0.270. The fourth-order valence-electron chi connectivity index (χ4n) is 2.84. The van der Waals surface area contributed by atoms with Crippen molar-refractivity contribution in [3.63, 3.8) is 0 Å². The second kappa shape index (κ2) is 7.47. The Hall–Kier alpha value is -3.14. The van der Waals surface area contributed by atoms with Crippen LogP contribution in [0.4, 0.5) is 18.9 Å². The van der Waals surface area contributed by atoms with Crippen LogP contribution in [0.25, 0.3) is 0 Å². The molecule has 28 heavy (non-hydrogen) atoms. The lowest BCUT2D eigenvalue weighted by atomic mass is 9.97. The Labute approximate surface area is 158 Å². The van der Waals surface area contributed by atoms with Gasteiger partial charge in [0.25, 0.3) is 0 Å². The van der Waals surface area contributed by atoms with Crippen molar-refractivity contribution in [3.8, 4) is 0 Å². The molecule has 0 aliphatic heterocycles. The summed E-state index contributed by atoms with van der Waals surface area (Å²) in [5.74, 6) is -1.64. The molecule has 1 aromatic carbocycles. The first-order valence-corrected chi connectivity index (χ1v) is 8.32. The van der Waals surface area contributed by atoms with Crippen molar-refractivity contribution in [2.45, 2.75) is 24.7 Å². The van der Waals surface area contributed by atoms with Gasteiger partial charge in [0.05, 0.1) is 13.0 Å². The van der Waals surface area contributed by atoms with Gasteiger partial charge in [-0.2, -0.15) is 18.3 Å². The smallest absolute Gasteiger partial charge is 0.374 e. The Bertz CT molecular complexity index is 952. The number of rotatable bonds is 6. The fourth-order valence-corrected chi connectivity index (χ4v) is 2.84. The zero-order valence-electron chi connectivity index (χ0n) is 14.9. The van der Waals surface area contributed by atoms with Gasteiger partial charge in [-0.1, -0.05) is 12.1 Å². The highest BCUT2D eigenvalue weighted by Gasteiger charge is 2.58. The highest BCUT2D eigenvalue weighted by Crippen LogP contribution is 2.40. The molecule has 0 spiro atoms. The van der Waals surface area contributed by atoms with Crippen LogP contribution in [0, 0.1) is 0 Å². The largest absolute Gasteiger partial charge is 0.425 e. The number of imidazole rings is 1. The summed E-state index contributed by atoms with van der Waals surface area (Å²) in [5, 5.41) is 16.8. The van der Waals surface area contributed by atoms with E-state index in [9.17, 15) is 23.1 Å². The number of aryl methyl sites for hydroxylation is 1. The first-order valence-electron chi connectivity index (χ1n) is 8.32. The number of amides is 1. The van der Waals surface area contributed by atoms with Crippen LogP contribution < -0.4 is 5.32 Å². The molecule has 0 saturated carbocycles. The van der Waals surface area contributed by atoms with E-state index in [0.717, 1.165) is 16.3 Å². The van der Waals surface area contributed by atoms with Gasteiger partial charge in [0.15, 0.2) is 5.82 Å². The molecule has 1 unspecified atom stereocenters. The van der Waals surface area contributed by atoms with Crippen LogP contribution in [0.3, 0.4) is 0 Å². The Morgan fingerprint density at radius 3 is 2.61 bits per heavy atom. The summed E-state index contributed by atoms with van der Waals surface area (Å²) in [6.45, 7) is 0.441. The van der Waals surface area contributed by atoms with Crippen molar-refractivity contribution in [1.82, 2.24) is 19.3 Å². The van der Waals surface area contributed by atoms with E-state index in [0.29, 0.717) is 12.2 Å². The normalized spacial score (nSPS) is 13.9. The molecular formula is C18H18F3N5O2. The second-order valence-electron chi connectivity index (χ2n) is 6.35. The summed E-state index contributed by atoms with van der Waals surface area (Å²) in [5.41, 5.74) is -2.28. The molecule has 7 nitrogen and oxygen atoms in total. The van der Waals surface area contributed by atoms with Crippen LogP contribution in [0.1, 0.15) is 17.8 Å². The molecule has 10 heteroatoms. The molecule has 3 rings (SSSR count). The van der Waals surface area contributed by atoms with Crippen LogP contribution in [0.5, 0.6) is 0 Å². The Kier molecular flexibility index (Phi) is 5.23. The van der Waals surface area contributed by atoms with Crippen LogP contribution in [-0.4, -0.2) is 36.5 Å². The minimum atomic E-state index is -5.08. The van der Waals surface area contributed by atoms with Crippen molar-refractivity contribution >= 4 is 11.6 Å². The van der Waals surface area contributed by atoms with E-state index in [-0.39, 0.29) is 0 Å². The Morgan fingerprint density at radius 2 is 2.00 bits per heavy atom. The summed E-state index contributed by atoms with van der Waals surface area (Å²) in [6.07, 6.45) is -0.510. The van der Waals surface area contributed by atoms with Crippen molar-refractivity contribution in [3.05, 3.63) is 66.5 Å². The number of nitrogens with one attached hydrogen (secondary N) is 1. The van der Waals surface area contributed by atoms with Gasteiger partial charge in [-0.15, -0.1) is 0 Å². The number of carbonyl (C=O) groups is 1. The fraction of sp³-hybridized carbons (Fsp3) is 0.278. The zero-order valence-corrected chi connectivity index (χ0v) is 14.9. The summed E-state index contributed by atoms with van der Waals surface area (Å²) in [4.78, 5) is 15.9. The lowest BCUT2D eigenvalue weighted by Crippen LogP contribution is -2.46. The average Bonchev–Trinajstić information content (AvgIpc) is 3.25. The highest BCUT2D eigenvalue weighted by atomic mass is 19.4. The monoisotopic (exact) mass is 393 g/mol.